The zero-order valence-corrected chi connectivity index (χ0v) is 18.0. The SMILES string of the molecule is [2H]C12CC3CC(C1)C(Nc1cc(CN4C[C@@H](C)O[C@@H](C)C4)cc(Br)n1)C(C3)C2. The summed E-state index contributed by atoms with van der Waals surface area (Å²) in [5.74, 6) is 2.95. The van der Waals surface area contributed by atoms with Crippen molar-refractivity contribution in [2.75, 3.05) is 18.4 Å². The highest BCUT2D eigenvalue weighted by Gasteiger charge is 2.48. The van der Waals surface area contributed by atoms with Crippen molar-refractivity contribution in [1.82, 2.24) is 9.88 Å². The highest BCUT2D eigenvalue weighted by atomic mass is 79.9. The number of halogens is 1. The molecule has 0 amide bonds. The number of hydrogen-bond acceptors (Lipinski definition) is 4. The Hall–Kier alpha value is -0.650. The quantitative estimate of drug-likeness (QED) is 0.697. The van der Waals surface area contributed by atoms with Gasteiger partial charge in [-0.2, -0.15) is 0 Å². The molecule has 1 aromatic heterocycles. The lowest BCUT2D eigenvalue weighted by Gasteiger charge is -2.54. The second-order valence-electron chi connectivity index (χ2n) is 9.52. The van der Waals surface area contributed by atoms with Crippen LogP contribution in [0.25, 0.3) is 0 Å². The molecule has 4 atom stereocenters. The third-order valence-electron chi connectivity index (χ3n) is 7.04. The van der Waals surface area contributed by atoms with Crippen LogP contribution < -0.4 is 5.32 Å². The van der Waals surface area contributed by atoms with Crippen molar-refractivity contribution >= 4 is 21.7 Å². The van der Waals surface area contributed by atoms with Gasteiger partial charge in [0.25, 0.3) is 0 Å². The van der Waals surface area contributed by atoms with Gasteiger partial charge in [0, 0.05) is 27.0 Å². The molecule has 0 radical (unpaired) electrons. The number of hydrogen-bond donors (Lipinski definition) is 1. The minimum Gasteiger partial charge on any atom is -0.373 e. The van der Waals surface area contributed by atoms with Gasteiger partial charge in [0.1, 0.15) is 10.4 Å². The van der Waals surface area contributed by atoms with E-state index in [2.05, 4.69) is 52.1 Å². The van der Waals surface area contributed by atoms with Crippen LogP contribution in [-0.4, -0.2) is 41.2 Å². The van der Waals surface area contributed by atoms with Crippen LogP contribution in [0.2, 0.25) is 0 Å². The maximum absolute atomic E-state index is 8.76. The molecule has 4 aliphatic carbocycles. The van der Waals surface area contributed by atoms with E-state index in [1.807, 2.05) is 0 Å². The van der Waals surface area contributed by atoms with E-state index in [-0.39, 0.29) is 18.1 Å². The lowest BCUT2D eigenvalue weighted by Crippen LogP contribution is -2.51. The molecule has 4 saturated carbocycles. The van der Waals surface area contributed by atoms with Gasteiger partial charge < -0.3 is 10.1 Å². The number of aromatic nitrogens is 1. The molecule has 6 rings (SSSR count). The Kier molecular flexibility index (Phi) is 4.66. The normalized spacial score (nSPS) is 44.3. The van der Waals surface area contributed by atoms with E-state index < -0.39 is 0 Å². The Labute approximate surface area is 173 Å². The van der Waals surface area contributed by atoms with Gasteiger partial charge in [-0.05, 0) is 103 Å². The van der Waals surface area contributed by atoms with Crippen molar-refractivity contribution in [3.63, 3.8) is 0 Å². The van der Waals surface area contributed by atoms with E-state index in [0.29, 0.717) is 17.9 Å². The average molecular weight is 435 g/mol. The summed E-state index contributed by atoms with van der Waals surface area (Å²) in [6.45, 7) is 7.20. The molecule has 2 unspecified atom stereocenters. The molecule has 148 valence electrons. The van der Waals surface area contributed by atoms with Crippen molar-refractivity contribution in [3.05, 3.63) is 22.3 Å². The topological polar surface area (TPSA) is 37.4 Å². The molecule has 1 saturated heterocycles. The third kappa shape index (κ3) is 3.92. The first-order valence-electron chi connectivity index (χ1n) is 11.2. The van der Waals surface area contributed by atoms with Crippen molar-refractivity contribution in [1.29, 1.82) is 0 Å². The molecule has 5 heteroatoms. The first-order chi connectivity index (χ1) is 13.3. The lowest BCUT2D eigenvalue weighted by molar-refractivity contribution is -0.0704. The number of rotatable bonds is 4. The zero-order valence-electron chi connectivity index (χ0n) is 17.5. The number of pyridine rings is 1. The minimum absolute atomic E-state index is 0.131. The first kappa shape index (κ1) is 17.2. The van der Waals surface area contributed by atoms with Gasteiger partial charge in [-0.1, -0.05) is 0 Å². The van der Waals surface area contributed by atoms with Gasteiger partial charge in [-0.15, -0.1) is 0 Å². The maximum atomic E-state index is 8.76. The second kappa shape index (κ2) is 7.31. The van der Waals surface area contributed by atoms with Gasteiger partial charge in [0.05, 0.1) is 12.2 Å². The van der Waals surface area contributed by atoms with Crippen LogP contribution >= 0.6 is 15.9 Å². The van der Waals surface area contributed by atoms with Crippen molar-refractivity contribution in [2.24, 2.45) is 23.6 Å². The van der Waals surface area contributed by atoms with Crippen molar-refractivity contribution in [2.45, 2.75) is 70.7 Å². The molecule has 0 aromatic carbocycles. The number of nitrogens with zero attached hydrogens (tertiary/aromatic N) is 2. The molecule has 5 fully saturated rings. The number of ether oxygens (including phenoxy) is 1. The summed E-state index contributed by atoms with van der Waals surface area (Å²) in [6.07, 6.45) is 6.47. The highest BCUT2D eigenvalue weighted by Crippen LogP contribution is 2.54. The third-order valence-corrected chi connectivity index (χ3v) is 7.44. The fraction of sp³-hybridized carbons (Fsp3) is 0.773. The largest absolute Gasteiger partial charge is 0.373 e. The van der Waals surface area contributed by atoms with Crippen LogP contribution in [0, 0.1) is 23.6 Å². The second-order valence-corrected chi connectivity index (χ2v) is 10.3. The molecular weight excluding hydrogens is 402 g/mol. The summed E-state index contributed by atoms with van der Waals surface area (Å²) in [4.78, 5) is 7.22. The Morgan fingerprint density at radius 1 is 1.15 bits per heavy atom. The number of anilines is 1. The van der Waals surface area contributed by atoms with Crippen LogP contribution in [0.4, 0.5) is 5.82 Å². The molecular formula is C22H32BrN3O. The predicted molar refractivity (Wildman–Crippen MR) is 112 cm³/mol. The average Bonchev–Trinajstić information content (AvgIpc) is 2.55. The Morgan fingerprint density at radius 2 is 1.85 bits per heavy atom. The lowest BCUT2D eigenvalue weighted by atomic mass is 9.54. The molecule has 1 N–H and O–H groups in total. The monoisotopic (exact) mass is 434 g/mol. The standard InChI is InChI=1S/C22H32BrN3O/c1-13-10-26(11-14(2)27-13)12-17-8-20(23)24-21(9-17)25-22-18-4-15-3-16(6-18)7-19(22)5-15/h8-9,13-16,18-19,22H,3-7,10-12H2,1-2H3,(H,24,25)/t13-,14+,15?,16?,18?,19?,22?/i15D. The molecule has 2 heterocycles. The van der Waals surface area contributed by atoms with E-state index in [0.717, 1.165) is 55.2 Å². The summed E-state index contributed by atoms with van der Waals surface area (Å²) >= 11 is 3.63. The Morgan fingerprint density at radius 3 is 2.52 bits per heavy atom. The van der Waals surface area contributed by atoms with Crippen LogP contribution in [0.5, 0.6) is 0 Å². The van der Waals surface area contributed by atoms with Crippen molar-refractivity contribution < 1.29 is 6.11 Å². The van der Waals surface area contributed by atoms with E-state index in [9.17, 15) is 0 Å². The Balaban J connectivity index is 1.30. The van der Waals surface area contributed by atoms with Crippen LogP contribution in [0.3, 0.4) is 0 Å². The molecule has 5 aliphatic rings. The molecule has 1 aromatic rings. The number of morpholine rings is 1. The van der Waals surface area contributed by atoms with Crippen LogP contribution in [-0.2, 0) is 11.3 Å². The maximum Gasteiger partial charge on any atom is 0.127 e. The van der Waals surface area contributed by atoms with Crippen molar-refractivity contribution in [3.8, 4) is 0 Å². The summed E-state index contributed by atoms with van der Waals surface area (Å²) in [5, 5.41) is 3.81. The Bertz CT molecular complexity index is 720. The highest BCUT2D eigenvalue weighted by molar-refractivity contribution is 9.10. The minimum atomic E-state index is -0.131. The predicted octanol–water partition coefficient (Wildman–Crippen LogP) is 4.69. The fourth-order valence-corrected chi connectivity index (χ4v) is 6.90. The smallest absolute Gasteiger partial charge is 0.127 e. The van der Waals surface area contributed by atoms with Gasteiger partial charge in [-0.25, -0.2) is 4.98 Å². The fourth-order valence-electron chi connectivity index (χ4n) is 6.41. The van der Waals surface area contributed by atoms with Gasteiger partial charge in [0.15, 0.2) is 0 Å². The van der Waals surface area contributed by atoms with Gasteiger partial charge >= 0.3 is 0 Å². The number of nitrogens with one attached hydrogen (secondary N) is 1. The first-order valence-corrected chi connectivity index (χ1v) is 11.5. The van der Waals surface area contributed by atoms with Gasteiger partial charge in [-0.3, -0.25) is 4.90 Å². The molecule has 27 heavy (non-hydrogen) atoms. The summed E-state index contributed by atoms with van der Waals surface area (Å²) in [7, 11) is 0. The van der Waals surface area contributed by atoms with Gasteiger partial charge in [0.2, 0.25) is 0 Å². The van der Waals surface area contributed by atoms with E-state index in [4.69, 9.17) is 11.1 Å². The van der Waals surface area contributed by atoms with E-state index in [1.54, 1.807) is 0 Å². The molecule has 1 aliphatic heterocycles. The molecule has 4 bridgehead atoms. The van der Waals surface area contributed by atoms with Crippen LogP contribution in [0.1, 0.15) is 52.9 Å². The zero-order chi connectivity index (χ0) is 19.5. The molecule has 4 nitrogen and oxygen atoms in total. The van der Waals surface area contributed by atoms with E-state index in [1.165, 1.54) is 18.4 Å². The van der Waals surface area contributed by atoms with E-state index >= 15 is 0 Å². The summed E-state index contributed by atoms with van der Waals surface area (Å²) in [5.41, 5.74) is 1.30. The molecule has 0 spiro atoms. The summed E-state index contributed by atoms with van der Waals surface area (Å²) < 4.78 is 15.5. The summed E-state index contributed by atoms with van der Waals surface area (Å²) in [6, 6.07) is 4.87. The van der Waals surface area contributed by atoms with Crippen LogP contribution in [0.15, 0.2) is 16.7 Å².